The average molecular weight is 1070 g/mol. The number of thiazole rings is 4. The van der Waals surface area contributed by atoms with Crippen LogP contribution in [0.1, 0.15) is 55.4 Å². The van der Waals surface area contributed by atoms with Crippen molar-refractivity contribution in [1.29, 1.82) is 16.1 Å². The molecule has 67 heavy (non-hydrogen) atoms. The summed E-state index contributed by atoms with van der Waals surface area (Å²) in [7, 11) is 1.51. The van der Waals surface area contributed by atoms with E-state index >= 15 is 0 Å². The van der Waals surface area contributed by atoms with Gasteiger partial charge in [-0.15, -0.1) is 45.3 Å². The number of methoxy groups -OCH3 is 1. The van der Waals surface area contributed by atoms with Crippen LogP contribution >= 0.6 is 92.4 Å². The van der Waals surface area contributed by atoms with Gasteiger partial charge in [-0.3, -0.25) is 25.7 Å². The van der Waals surface area contributed by atoms with Crippen molar-refractivity contribution in [2.24, 2.45) is 71.6 Å². The molecule has 0 fully saturated rings. The summed E-state index contributed by atoms with van der Waals surface area (Å²) < 4.78 is 4.76. The van der Waals surface area contributed by atoms with Gasteiger partial charge >= 0.3 is 0 Å². The van der Waals surface area contributed by atoms with E-state index in [1.165, 1.54) is 59.4 Å². The van der Waals surface area contributed by atoms with Crippen molar-refractivity contribution in [2.45, 2.75) is 55.6 Å². The van der Waals surface area contributed by atoms with E-state index in [4.69, 9.17) is 72.4 Å². The summed E-state index contributed by atoms with van der Waals surface area (Å²) >= 11 is 12.2. The number of thioether (sulfide) groups is 4. The fourth-order valence-electron chi connectivity index (χ4n) is 3.79. The fourth-order valence-corrected chi connectivity index (χ4v) is 10.3. The zero-order valence-electron chi connectivity index (χ0n) is 36.5. The largest absolute Gasteiger partial charge is 0.484 e. The predicted molar refractivity (Wildman–Crippen MR) is 285 cm³/mol. The number of nitrogens with two attached hydrogens (primary N) is 9. The van der Waals surface area contributed by atoms with Crippen LogP contribution in [0.4, 0.5) is 20.5 Å². The van der Waals surface area contributed by atoms with Crippen molar-refractivity contribution in [3.05, 3.63) is 44.3 Å². The Morgan fingerprint density at radius 2 is 0.940 bits per heavy atom. The number of nitrogens with zero attached hydrogens (tertiary/aromatic N) is 9. The molecule has 0 saturated carbocycles. The summed E-state index contributed by atoms with van der Waals surface area (Å²) in [4.78, 5) is 54.1. The highest BCUT2D eigenvalue weighted by molar-refractivity contribution is 7.99. The van der Waals surface area contributed by atoms with Crippen LogP contribution in [-0.2, 0) is 37.3 Å². The molecule has 0 bridgehead atoms. The number of hydrogen-bond acceptors (Lipinski definition) is 22. The van der Waals surface area contributed by atoms with Crippen LogP contribution < -0.4 is 56.9 Å². The van der Waals surface area contributed by atoms with Gasteiger partial charge in [0, 0.05) is 100 Å². The standard InChI is InChI=1S/C10H15N5O2S2.C9H15N5OS2.C8H14N6S2.C8H11N5S2/c1-6(16)13-8(17)2-3-18-4-7-5-19-10(14-7)15-9(11)12;1-15-7(10)2-3-16-4-6-5-17-9(13-6)14-8(11)12;9-6(10)1-2-15-3-5-4-16-8(13-5)14-7(11)12;9-2-1-3-14-4-6-5-15-8(12-6)13-7(10)11/h5H,2-4H2,1H3,(H,13,16,17)(H4,11,12,14,15);5,10H,2-4H2,1H3,(H4,11,12,13,14);4H,1-3H2,(H3,9,10)(H4,11,12,13,14);5H,1,3-4H2,(H4,10,11,12,13). The Hall–Kier alpha value is -5.43. The third-order valence-electron chi connectivity index (χ3n) is 6.44. The number of nitrogens with one attached hydrogen (secondary N) is 3. The van der Waals surface area contributed by atoms with E-state index in [9.17, 15) is 9.59 Å². The number of rotatable bonds is 23. The molecule has 0 aliphatic heterocycles. The highest BCUT2D eigenvalue weighted by atomic mass is 32.2. The third kappa shape index (κ3) is 32.8. The summed E-state index contributed by atoms with van der Waals surface area (Å²) in [6, 6.07) is 2.09. The average Bonchev–Trinajstić information content (AvgIpc) is 4.08. The van der Waals surface area contributed by atoms with Crippen LogP contribution in [0, 0.1) is 22.1 Å². The molecule has 366 valence electrons. The molecule has 0 unspecified atom stereocenters. The highest BCUT2D eigenvalue weighted by Gasteiger charge is 2.07. The van der Waals surface area contributed by atoms with Crippen molar-refractivity contribution in [3.8, 4) is 6.07 Å². The van der Waals surface area contributed by atoms with Crippen molar-refractivity contribution < 1.29 is 14.3 Å². The van der Waals surface area contributed by atoms with Gasteiger partial charge in [-0.25, -0.2) is 19.9 Å². The monoisotopic (exact) mass is 1070 g/mol. The lowest BCUT2D eigenvalue weighted by molar-refractivity contribution is -0.128. The van der Waals surface area contributed by atoms with Crippen LogP contribution in [0.5, 0.6) is 0 Å². The van der Waals surface area contributed by atoms with Crippen LogP contribution in [0.2, 0.25) is 0 Å². The first kappa shape index (κ1) is 59.6. The van der Waals surface area contributed by atoms with Gasteiger partial charge in [0.2, 0.25) is 32.3 Å². The number of imide groups is 1. The van der Waals surface area contributed by atoms with Gasteiger partial charge < -0.3 is 56.3 Å². The van der Waals surface area contributed by atoms with Crippen LogP contribution in [0.3, 0.4) is 0 Å². The first-order chi connectivity index (χ1) is 31.9. The Morgan fingerprint density at radius 1 is 0.612 bits per heavy atom. The van der Waals surface area contributed by atoms with E-state index in [1.54, 1.807) is 47.0 Å². The molecule has 4 aromatic rings. The summed E-state index contributed by atoms with van der Waals surface area (Å²) in [6.45, 7) is 1.31. The third-order valence-corrected chi connectivity index (χ3v) is 13.5. The van der Waals surface area contributed by atoms with E-state index in [-0.39, 0.29) is 41.5 Å². The molecule has 24 nitrogen and oxygen atoms in total. The van der Waals surface area contributed by atoms with Gasteiger partial charge in [0.15, 0.2) is 29.7 Å². The molecule has 0 spiro atoms. The normalized spacial score (nSPS) is 9.87. The van der Waals surface area contributed by atoms with Crippen LogP contribution in [-0.4, -0.2) is 97.4 Å². The van der Waals surface area contributed by atoms with Gasteiger partial charge in [0.25, 0.3) is 0 Å². The Morgan fingerprint density at radius 3 is 1.24 bits per heavy atom. The molecule has 21 N–H and O–H groups in total. The number of amides is 2. The molecule has 0 aromatic carbocycles. The lowest BCUT2D eigenvalue weighted by atomic mass is 10.4. The fraction of sp³-hybridized carbons (Fsp3) is 0.400. The number of amidine groups is 1. The quantitative estimate of drug-likeness (QED) is 0.0287. The van der Waals surface area contributed by atoms with Gasteiger partial charge in [0.05, 0.1) is 41.8 Å². The van der Waals surface area contributed by atoms with Crippen LogP contribution in [0.25, 0.3) is 0 Å². The minimum absolute atomic E-state index is 0.0186. The summed E-state index contributed by atoms with van der Waals surface area (Å²) in [5.41, 5.74) is 50.9. The zero-order chi connectivity index (χ0) is 50.0. The Labute approximate surface area is 420 Å². The predicted octanol–water partition coefficient (Wildman–Crippen LogP) is 3.43. The van der Waals surface area contributed by atoms with Gasteiger partial charge in [-0.1, -0.05) is 0 Å². The molecule has 4 aromatic heterocycles. The van der Waals surface area contributed by atoms with E-state index < -0.39 is 0 Å². The summed E-state index contributed by atoms with van der Waals surface area (Å²) in [6.07, 6.45) is 2.10. The van der Waals surface area contributed by atoms with Crippen LogP contribution in [0.15, 0.2) is 41.5 Å². The molecule has 0 saturated heterocycles. The topological polar surface area (TPSA) is 462 Å². The molecule has 0 aliphatic rings. The molecule has 0 atom stereocenters. The SMILES string of the molecule is CC(=O)NC(=O)CCSCc1csc(N=C(N)N)n1.COC(=N)CCSCc1csc(N=C(N)N)n1.N#CCCSCc1csc(N=C(N)N)n1.N=C(N)CCSCc1csc(N=C(N)N)n1. The van der Waals surface area contributed by atoms with E-state index in [2.05, 4.69) is 51.3 Å². The second kappa shape index (κ2) is 35.7. The number of guanidine groups is 4. The molecule has 4 rings (SSSR count). The molecule has 0 aliphatic carbocycles. The van der Waals surface area contributed by atoms with Crippen molar-refractivity contribution in [2.75, 3.05) is 30.1 Å². The van der Waals surface area contributed by atoms with Gasteiger partial charge in [0.1, 0.15) is 0 Å². The molecule has 2 amide bonds. The minimum atomic E-state index is -0.337. The number of ether oxygens (including phenoxy) is 1. The maximum atomic E-state index is 11.2. The molecule has 4 heterocycles. The Balaban J connectivity index is 0.000000448. The Kier molecular flexibility index (Phi) is 31.8. The summed E-state index contributed by atoms with van der Waals surface area (Å²) in [5.74, 6) is 6.09. The molecule has 32 heteroatoms. The van der Waals surface area contributed by atoms with Gasteiger partial charge in [-0.05, 0) is 0 Å². The number of nitriles is 1. The summed E-state index contributed by atoms with van der Waals surface area (Å²) in [5, 5.41) is 34.8. The number of hydrogen-bond donors (Lipinski definition) is 12. The second-order valence-corrected chi connectivity index (χ2v) is 20.0. The molecule has 0 radical (unpaired) electrons. The molecular formula is C35H55N21O3S8. The lowest BCUT2D eigenvalue weighted by Gasteiger charge is -2.00. The maximum absolute atomic E-state index is 11.2. The van der Waals surface area contributed by atoms with Gasteiger partial charge in [-0.2, -0.15) is 72.3 Å². The first-order valence-electron chi connectivity index (χ1n) is 19.0. The van der Waals surface area contributed by atoms with E-state index in [0.717, 1.165) is 57.3 Å². The molecular weight excluding hydrogens is 1020 g/mol. The second-order valence-electron chi connectivity index (χ2n) is 12.3. The van der Waals surface area contributed by atoms with Crippen molar-refractivity contribution >= 4 is 160 Å². The van der Waals surface area contributed by atoms with E-state index in [0.29, 0.717) is 63.6 Å². The number of carbonyl (C=O) groups is 2. The first-order valence-corrected chi connectivity index (χ1v) is 27.1. The van der Waals surface area contributed by atoms with Crippen molar-refractivity contribution in [1.82, 2.24) is 25.3 Å². The van der Waals surface area contributed by atoms with E-state index in [1.807, 2.05) is 21.5 Å². The maximum Gasteiger partial charge on any atom is 0.227 e. The smallest absolute Gasteiger partial charge is 0.227 e. The zero-order valence-corrected chi connectivity index (χ0v) is 43.0. The highest BCUT2D eigenvalue weighted by Crippen LogP contribution is 2.25. The lowest BCUT2D eigenvalue weighted by Crippen LogP contribution is -2.28. The number of aliphatic imine (C=N–C) groups is 4. The number of carbonyl (C=O) groups excluding carboxylic acids is 2. The number of aromatic nitrogens is 4. The van der Waals surface area contributed by atoms with Crippen molar-refractivity contribution in [3.63, 3.8) is 0 Å². The minimum Gasteiger partial charge on any atom is -0.484 e. The Bertz CT molecular complexity index is 2270.